The molecular formula is H6BLiO3Sn. The van der Waals surface area contributed by atoms with Crippen LogP contribution in [-0.4, -0.2) is 46.3 Å². The SMILES string of the molecule is OB(O)O.[H-].[Li+].[SnH2]. The molecule has 0 aromatic heterocycles. The molecule has 6 heavy (non-hydrogen) atoms. The Balaban J connectivity index is -0.0000000150. The zero-order valence-electron chi connectivity index (χ0n) is 4.63. The predicted molar refractivity (Wildman–Crippen MR) is 22.1 cm³/mol. The number of hydrogen-bond acceptors (Lipinski definition) is 3. The molecule has 0 spiro atoms. The zero-order chi connectivity index (χ0) is 3.58. The van der Waals surface area contributed by atoms with Crippen LogP contribution in [0.5, 0.6) is 0 Å². The van der Waals surface area contributed by atoms with Crippen LogP contribution >= 0.6 is 0 Å². The standard InChI is InChI=1S/BH3O3.Li.Sn.3H/c2-1(3)4;;;;;/h2-4H;;;;;/q;+1;;;;-1. The normalized spacial score (nSPS) is 4.50. The van der Waals surface area contributed by atoms with Gasteiger partial charge in [0, 0.05) is 0 Å². The average Bonchev–Trinajstić information content (AvgIpc) is 0.811. The van der Waals surface area contributed by atoms with E-state index in [0.717, 1.165) is 0 Å². The summed E-state index contributed by atoms with van der Waals surface area (Å²) in [6.45, 7) is 0. The first kappa shape index (κ1) is 15.7. The fraction of sp³-hybridized carbons (Fsp3) is 0. The molecule has 0 aromatic carbocycles. The molecule has 2 radical (unpaired) electrons. The molecule has 0 unspecified atom stereocenters. The van der Waals surface area contributed by atoms with Crippen molar-refractivity contribution in [3.63, 3.8) is 0 Å². The van der Waals surface area contributed by atoms with Gasteiger partial charge in [0.25, 0.3) is 0 Å². The van der Waals surface area contributed by atoms with E-state index in [0.29, 0.717) is 0 Å². The summed E-state index contributed by atoms with van der Waals surface area (Å²) >= 11 is 0. The molecule has 0 aliphatic heterocycles. The Morgan fingerprint density at radius 1 is 1.17 bits per heavy atom. The van der Waals surface area contributed by atoms with Crippen LogP contribution in [0.15, 0.2) is 0 Å². The molecule has 6 heteroatoms. The van der Waals surface area contributed by atoms with Crippen LogP contribution in [0.1, 0.15) is 1.43 Å². The Morgan fingerprint density at radius 3 is 1.17 bits per heavy atom. The van der Waals surface area contributed by atoms with Gasteiger partial charge in [-0.25, -0.2) is 0 Å². The molecule has 0 bridgehead atoms. The van der Waals surface area contributed by atoms with E-state index in [1.54, 1.807) is 0 Å². The summed E-state index contributed by atoms with van der Waals surface area (Å²) in [4.78, 5) is 0. The van der Waals surface area contributed by atoms with Gasteiger partial charge in [0.2, 0.25) is 0 Å². The van der Waals surface area contributed by atoms with E-state index in [1.807, 2.05) is 0 Å². The Labute approximate surface area is 66.5 Å². The molecule has 0 amide bonds. The van der Waals surface area contributed by atoms with Crippen molar-refractivity contribution in [2.45, 2.75) is 0 Å². The van der Waals surface area contributed by atoms with Crippen molar-refractivity contribution in [2.24, 2.45) is 0 Å². The Hall–Kier alpha value is 1.34. The van der Waals surface area contributed by atoms with E-state index in [9.17, 15) is 0 Å². The van der Waals surface area contributed by atoms with E-state index >= 15 is 0 Å². The van der Waals surface area contributed by atoms with Crippen LogP contribution in [0.4, 0.5) is 0 Å². The first-order valence-corrected chi connectivity index (χ1v) is 0.775. The molecule has 0 saturated heterocycles. The first-order chi connectivity index (χ1) is 1.73. The summed E-state index contributed by atoms with van der Waals surface area (Å²) in [5, 5.41) is 21.5. The predicted octanol–water partition coefficient (Wildman–Crippen LogP) is -5.85. The summed E-state index contributed by atoms with van der Waals surface area (Å²) in [6.07, 6.45) is 0. The number of hydrogen-bond donors (Lipinski definition) is 3. The minimum absolute atomic E-state index is 0. The number of rotatable bonds is 0. The molecule has 0 aliphatic rings. The topological polar surface area (TPSA) is 60.7 Å². The summed E-state index contributed by atoms with van der Waals surface area (Å²) in [5.41, 5.74) is 0. The maximum atomic E-state index is 7.17. The molecule has 0 fully saturated rings. The van der Waals surface area contributed by atoms with Crippen molar-refractivity contribution < 1.29 is 35.4 Å². The van der Waals surface area contributed by atoms with Gasteiger partial charge < -0.3 is 16.5 Å². The van der Waals surface area contributed by atoms with Crippen LogP contribution < -0.4 is 18.9 Å². The van der Waals surface area contributed by atoms with E-state index in [4.69, 9.17) is 15.1 Å². The van der Waals surface area contributed by atoms with Gasteiger partial charge in [-0.15, -0.1) is 0 Å². The zero-order valence-corrected chi connectivity index (χ0v) is 7.66. The summed E-state index contributed by atoms with van der Waals surface area (Å²) in [5.74, 6) is 0. The van der Waals surface area contributed by atoms with E-state index < -0.39 is 7.32 Å². The molecule has 0 aromatic rings. The van der Waals surface area contributed by atoms with Gasteiger partial charge in [-0.2, -0.15) is 0 Å². The summed E-state index contributed by atoms with van der Waals surface area (Å²) in [7, 11) is -2.17. The molecule has 3 N–H and O–H groups in total. The van der Waals surface area contributed by atoms with Crippen LogP contribution in [0.3, 0.4) is 0 Å². The van der Waals surface area contributed by atoms with Crippen LogP contribution in [0.2, 0.25) is 0 Å². The van der Waals surface area contributed by atoms with E-state index in [-0.39, 0.29) is 44.2 Å². The molecule has 0 aliphatic carbocycles. The van der Waals surface area contributed by atoms with Gasteiger partial charge in [-0.05, 0) is 0 Å². The van der Waals surface area contributed by atoms with Crippen molar-refractivity contribution in [2.75, 3.05) is 0 Å². The van der Waals surface area contributed by atoms with Gasteiger partial charge in [-0.3, -0.25) is 0 Å². The maximum absolute atomic E-state index is 7.17. The van der Waals surface area contributed by atoms with Gasteiger partial charge in [0.05, 0.1) is 0 Å². The average molecular weight is 191 g/mol. The summed E-state index contributed by atoms with van der Waals surface area (Å²) in [6, 6.07) is 0. The van der Waals surface area contributed by atoms with Crippen molar-refractivity contribution in [1.82, 2.24) is 0 Å². The molecule has 0 rings (SSSR count). The quantitative estimate of drug-likeness (QED) is 0.334. The third-order valence-corrected chi connectivity index (χ3v) is 0. The van der Waals surface area contributed by atoms with Gasteiger partial charge in [-0.1, -0.05) is 0 Å². The van der Waals surface area contributed by atoms with Crippen LogP contribution in [0.25, 0.3) is 0 Å². The molecule has 32 valence electrons. The fourth-order valence-electron chi connectivity index (χ4n) is 0. The van der Waals surface area contributed by atoms with Crippen LogP contribution in [0, 0.1) is 0 Å². The molecule has 3 nitrogen and oxygen atoms in total. The second-order valence-electron chi connectivity index (χ2n) is 0.346. The second-order valence-corrected chi connectivity index (χ2v) is 0.346. The summed E-state index contributed by atoms with van der Waals surface area (Å²) < 4.78 is 0. The third kappa shape index (κ3) is 56.0. The van der Waals surface area contributed by atoms with E-state index in [1.165, 1.54) is 0 Å². The fourth-order valence-corrected chi connectivity index (χ4v) is 0. The molecule has 0 atom stereocenters. The van der Waals surface area contributed by atoms with Gasteiger partial charge >= 0.3 is 50.1 Å². The van der Waals surface area contributed by atoms with Crippen molar-refractivity contribution in [1.29, 1.82) is 0 Å². The van der Waals surface area contributed by atoms with Crippen molar-refractivity contribution >= 4 is 31.2 Å². The van der Waals surface area contributed by atoms with Gasteiger partial charge in [0.1, 0.15) is 0 Å². The molecule has 0 heterocycles. The van der Waals surface area contributed by atoms with Crippen LogP contribution in [-0.2, 0) is 0 Å². The van der Waals surface area contributed by atoms with Gasteiger partial charge in [0.15, 0.2) is 0 Å². The first-order valence-electron chi connectivity index (χ1n) is 0.775. The third-order valence-electron chi connectivity index (χ3n) is 0. The monoisotopic (exact) mass is 192 g/mol. The Morgan fingerprint density at radius 2 is 1.17 bits per heavy atom. The van der Waals surface area contributed by atoms with Crippen molar-refractivity contribution in [3.05, 3.63) is 0 Å². The Bertz CT molecular complexity index is 19.7. The van der Waals surface area contributed by atoms with E-state index in [2.05, 4.69) is 0 Å². The minimum atomic E-state index is -2.17. The molecular weight excluding hydrogens is 184 g/mol. The second kappa shape index (κ2) is 9.60. The Kier molecular flexibility index (Phi) is 25.1. The van der Waals surface area contributed by atoms with Crippen molar-refractivity contribution in [3.8, 4) is 0 Å². The molecule has 0 saturated carbocycles.